The fourth-order valence-corrected chi connectivity index (χ4v) is 2.73. The van der Waals surface area contributed by atoms with Crippen molar-refractivity contribution in [1.29, 1.82) is 0 Å². The topological polar surface area (TPSA) is 75.1 Å². The Hall–Kier alpha value is -1.65. The van der Waals surface area contributed by atoms with E-state index in [-0.39, 0.29) is 5.69 Å². The molecule has 0 bridgehead atoms. The minimum atomic E-state index is -1.05. The molecule has 2 N–H and O–H groups in total. The molecule has 3 atom stereocenters. The zero-order valence-corrected chi connectivity index (χ0v) is 10.8. The summed E-state index contributed by atoms with van der Waals surface area (Å²) in [5, 5.41) is 12.1. The molecule has 0 spiro atoms. The van der Waals surface area contributed by atoms with Gasteiger partial charge in [-0.25, -0.2) is 14.8 Å². The lowest BCUT2D eigenvalue weighted by Crippen LogP contribution is -2.25. The highest BCUT2D eigenvalue weighted by atomic mass is 16.4. The Bertz CT molecular complexity index is 419. The molecule has 3 unspecified atom stereocenters. The van der Waals surface area contributed by atoms with E-state index in [1.165, 1.54) is 25.2 Å². The second kappa shape index (κ2) is 5.33. The van der Waals surface area contributed by atoms with Crippen LogP contribution in [0.25, 0.3) is 0 Å². The Morgan fingerprint density at radius 3 is 2.72 bits per heavy atom. The quantitative estimate of drug-likeness (QED) is 0.857. The highest BCUT2D eigenvalue weighted by Gasteiger charge is 2.31. The predicted octanol–water partition coefficient (Wildman–Crippen LogP) is 2.41. The predicted molar refractivity (Wildman–Crippen MR) is 68.6 cm³/mol. The summed E-state index contributed by atoms with van der Waals surface area (Å²) in [6, 6.07) is 0.417. The molecule has 0 amide bonds. The zero-order chi connectivity index (χ0) is 13.1. The third kappa shape index (κ3) is 2.60. The highest BCUT2D eigenvalue weighted by molar-refractivity contribution is 5.84. The van der Waals surface area contributed by atoms with Crippen LogP contribution >= 0.6 is 0 Å². The van der Waals surface area contributed by atoms with Gasteiger partial charge in [-0.05, 0) is 24.7 Å². The molecule has 1 fully saturated rings. The van der Waals surface area contributed by atoms with Gasteiger partial charge in [0.05, 0.1) is 12.4 Å². The average molecular weight is 249 g/mol. The molecule has 18 heavy (non-hydrogen) atoms. The van der Waals surface area contributed by atoms with Crippen LogP contribution < -0.4 is 5.32 Å². The number of carboxylic acids is 1. The molecule has 98 valence electrons. The first kappa shape index (κ1) is 12.8. The van der Waals surface area contributed by atoms with Crippen molar-refractivity contribution >= 4 is 11.8 Å². The number of anilines is 1. The number of carbonyl (C=O) groups is 1. The van der Waals surface area contributed by atoms with Crippen LogP contribution in [0.15, 0.2) is 12.4 Å². The van der Waals surface area contributed by atoms with Crippen LogP contribution in [-0.4, -0.2) is 27.1 Å². The second-order valence-electron chi connectivity index (χ2n) is 4.95. The summed E-state index contributed by atoms with van der Waals surface area (Å²) in [6.45, 7) is 4.49. The molecule has 0 aromatic carbocycles. The zero-order valence-electron chi connectivity index (χ0n) is 10.8. The van der Waals surface area contributed by atoms with E-state index in [1.807, 2.05) is 0 Å². The molecule has 0 aliphatic heterocycles. The summed E-state index contributed by atoms with van der Waals surface area (Å²) in [7, 11) is 0. The van der Waals surface area contributed by atoms with Crippen molar-refractivity contribution in [3.05, 3.63) is 18.1 Å². The number of rotatable bonds is 4. The van der Waals surface area contributed by atoms with E-state index in [2.05, 4.69) is 29.1 Å². The van der Waals surface area contributed by atoms with Crippen LogP contribution in [0, 0.1) is 11.8 Å². The first-order valence-electron chi connectivity index (χ1n) is 6.43. The molecule has 1 heterocycles. The van der Waals surface area contributed by atoms with Crippen molar-refractivity contribution in [3.63, 3.8) is 0 Å². The van der Waals surface area contributed by atoms with Gasteiger partial charge in [0.25, 0.3) is 0 Å². The van der Waals surface area contributed by atoms with Crippen molar-refractivity contribution < 1.29 is 9.90 Å². The van der Waals surface area contributed by atoms with Gasteiger partial charge in [0, 0.05) is 6.04 Å². The van der Waals surface area contributed by atoms with Crippen molar-refractivity contribution in [1.82, 2.24) is 9.97 Å². The lowest BCUT2D eigenvalue weighted by atomic mass is 9.93. The molecule has 1 aromatic heterocycles. The lowest BCUT2D eigenvalue weighted by molar-refractivity contribution is 0.0690. The van der Waals surface area contributed by atoms with Crippen molar-refractivity contribution in [3.8, 4) is 0 Å². The molecular formula is C13H19N3O2. The van der Waals surface area contributed by atoms with E-state index in [1.54, 1.807) is 0 Å². The number of aromatic nitrogens is 2. The molecule has 0 saturated heterocycles. The van der Waals surface area contributed by atoms with E-state index < -0.39 is 5.97 Å². The Labute approximate surface area is 107 Å². The molecule has 5 nitrogen and oxygen atoms in total. The average Bonchev–Trinajstić information content (AvgIpc) is 2.71. The van der Waals surface area contributed by atoms with E-state index >= 15 is 0 Å². The van der Waals surface area contributed by atoms with Crippen LogP contribution in [0.5, 0.6) is 0 Å². The summed E-state index contributed by atoms with van der Waals surface area (Å²) in [5.41, 5.74) is -0.0218. The number of hydrogen-bond acceptors (Lipinski definition) is 4. The van der Waals surface area contributed by atoms with Crippen molar-refractivity contribution in [2.45, 2.75) is 39.2 Å². The number of carboxylic acid groups (broad SMARTS) is 1. The standard InChI is InChI=1S/C13H19N3O2/c1-3-9-4-5-10(8(9)2)16-12-7-14-11(6-15-12)13(17)18/h6-10H,3-5H2,1-2H3,(H,15,16)(H,17,18). The van der Waals surface area contributed by atoms with Gasteiger partial charge in [0.1, 0.15) is 5.82 Å². The van der Waals surface area contributed by atoms with Crippen molar-refractivity contribution in [2.24, 2.45) is 11.8 Å². The molecular weight excluding hydrogens is 230 g/mol. The third-order valence-corrected chi connectivity index (χ3v) is 3.96. The Morgan fingerprint density at radius 2 is 2.22 bits per heavy atom. The fourth-order valence-electron chi connectivity index (χ4n) is 2.73. The molecule has 0 radical (unpaired) electrons. The monoisotopic (exact) mass is 249 g/mol. The van der Waals surface area contributed by atoms with Crippen LogP contribution in [0.2, 0.25) is 0 Å². The van der Waals surface area contributed by atoms with Gasteiger partial charge in [-0.1, -0.05) is 20.3 Å². The van der Waals surface area contributed by atoms with E-state index in [0.29, 0.717) is 17.8 Å². The Balaban J connectivity index is 2.00. The second-order valence-corrected chi connectivity index (χ2v) is 4.95. The Kier molecular flexibility index (Phi) is 3.79. The van der Waals surface area contributed by atoms with Crippen molar-refractivity contribution in [2.75, 3.05) is 5.32 Å². The lowest BCUT2D eigenvalue weighted by Gasteiger charge is -2.21. The maximum atomic E-state index is 10.7. The number of aromatic carboxylic acids is 1. The van der Waals surface area contributed by atoms with Crippen LogP contribution in [0.4, 0.5) is 5.82 Å². The van der Waals surface area contributed by atoms with Gasteiger partial charge in [0.2, 0.25) is 0 Å². The minimum Gasteiger partial charge on any atom is -0.476 e. The molecule has 1 aromatic rings. The van der Waals surface area contributed by atoms with Gasteiger partial charge in [0.15, 0.2) is 5.69 Å². The third-order valence-electron chi connectivity index (χ3n) is 3.96. The summed E-state index contributed by atoms with van der Waals surface area (Å²) >= 11 is 0. The Morgan fingerprint density at radius 1 is 1.44 bits per heavy atom. The summed E-state index contributed by atoms with van der Waals surface area (Å²) in [6.07, 6.45) is 6.39. The van der Waals surface area contributed by atoms with E-state index in [9.17, 15) is 4.79 Å². The number of hydrogen-bond donors (Lipinski definition) is 2. The first-order chi connectivity index (χ1) is 8.61. The van der Waals surface area contributed by atoms with Gasteiger partial charge in [-0.3, -0.25) is 0 Å². The maximum absolute atomic E-state index is 10.7. The summed E-state index contributed by atoms with van der Waals surface area (Å²) in [5.74, 6) is 1.01. The normalized spacial score (nSPS) is 27.1. The molecule has 2 rings (SSSR count). The fraction of sp³-hybridized carbons (Fsp3) is 0.615. The SMILES string of the molecule is CCC1CCC(Nc2cnc(C(=O)O)cn2)C1C. The summed E-state index contributed by atoms with van der Waals surface area (Å²) < 4.78 is 0. The highest BCUT2D eigenvalue weighted by Crippen LogP contribution is 2.35. The minimum absolute atomic E-state index is 0.0218. The smallest absolute Gasteiger partial charge is 0.356 e. The van der Waals surface area contributed by atoms with E-state index in [4.69, 9.17) is 5.11 Å². The first-order valence-corrected chi connectivity index (χ1v) is 6.43. The molecule has 5 heteroatoms. The molecule has 1 aliphatic carbocycles. The van der Waals surface area contributed by atoms with Crippen LogP contribution in [0.1, 0.15) is 43.6 Å². The molecule has 1 saturated carbocycles. The number of nitrogens with one attached hydrogen (secondary N) is 1. The van der Waals surface area contributed by atoms with Gasteiger partial charge >= 0.3 is 5.97 Å². The largest absolute Gasteiger partial charge is 0.476 e. The van der Waals surface area contributed by atoms with Gasteiger partial charge < -0.3 is 10.4 Å². The number of nitrogens with zero attached hydrogens (tertiary/aromatic N) is 2. The van der Waals surface area contributed by atoms with Gasteiger partial charge in [-0.15, -0.1) is 0 Å². The van der Waals surface area contributed by atoms with E-state index in [0.717, 1.165) is 12.3 Å². The van der Waals surface area contributed by atoms with Crippen LogP contribution in [0.3, 0.4) is 0 Å². The summed E-state index contributed by atoms with van der Waals surface area (Å²) in [4.78, 5) is 18.6. The van der Waals surface area contributed by atoms with Crippen LogP contribution in [-0.2, 0) is 0 Å². The van der Waals surface area contributed by atoms with Gasteiger partial charge in [-0.2, -0.15) is 0 Å². The molecule has 1 aliphatic rings. The maximum Gasteiger partial charge on any atom is 0.356 e.